The lowest BCUT2D eigenvalue weighted by Crippen LogP contribution is -1.83. The number of nitrogens with zero attached hydrogens (tertiary/aromatic N) is 2. The molecule has 0 unspecified atom stereocenters. The summed E-state index contributed by atoms with van der Waals surface area (Å²) in [6.45, 7) is 0. The minimum absolute atomic E-state index is 0.619. The number of aromatic nitrogens is 3. The first-order valence-electron chi connectivity index (χ1n) is 6.50. The predicted octanol–water partition coefficient (Wildman–Crippen LogP) is 3.58. The van der Waals surface area contributed by atoms with Crippen LogP contribution in [0.1, 0.15) is 5.89 Å². The smallest absolute Gasteiger partial charge is 0.205 e. The van der Waals surface area contributed by atoms with Crippen LogP contribution in [0.5, 0.6) is 0 Å². The molecule has 2 aromatic heterocycles. The molecule has 5 nitrogen and oxygen atoms in total. The van der Waals surface area contributed by atoms with Gasteiger partial charge in [-0.25, -0.2) is 9.97 Å². The molecule has 4 aromatic rings. The van der Waals surface area contributed by atoms with Crippen LogP contribution in [0.4, 0.5) is 5.69 Å². The van der Waals surface area contributed by atoms with Gasteiger partial charge in [-0.3, -0.25) is 0 Å². The number of oxazole rings is 1. The van der Waals surface area contributed by atoms with Crippen LogP contribution in [0.2, 0.25) is 0 Å². The molecule has 0 bridgehead atoms. The van der Waals surface area contributed by atoms with Crippen molar-refractivity contribution in [2.24, 2.45) is 0 Å². The molecule has 2 heterocycles. The first-order valence-corrected chi connectivity index (χ1v) is 7.49. The molecule has 104 valence electrons. The van der Waals surface area contributed by atoms with Gasteiger partial charge in [-0.15, -0.1) is 0 Å². The zero-order valence-corrected chi connectivity index (χ0v) is 11.9. The monoisotopic (exact) mass is 296 g/mol. The molecule has 0 saturated carbocycles. The highest BCUT2D eigenvalue weighted by atomic mass is 32.2. The number of fused-ring (bicyclic) bond motifs is 2. The second kappa shape index (κ2) is 4.82. The normalized spacial score (nSPS) is 11.4. The predicted molar refractivity (Wildman–Crippen MR) is 84.1 cm³/mol. The number of nitrogens with one attached hydrogen (secondary N) is 1. The highest BCUT2D eigenvalue weighted by molar-refractivity contribution is 7.98. The molecule has 0 aliphatic carbocycles. The number of imidazole rings is 1. The standard InChI is InChI=1S/C15H12N4OS/c16-9-5-6-13-12(7-9)17-14(20-13)8-21-15-18-10-3-1-2-4-11(10)19-15/h1-7H,8,16H2,(H,18,19). The van der Waals surface area contributed by atoms with E-state index < -0.39 is 0 Å². The number of nitrogen functional groups attached to an aromatic ring is 1. The van der Waals surface area contributed by atoms with Crippen LogP contribution in [0, 0.1) is 0 Å². The second-order valence-corrected chi connectivity index (χ2v) is 5.65. The summed E-state index contributed by atoms with van der Waals surface area (Å²) in [5, 5.41) is 0.859. The quantitative estimate of drug-likeness (QED) is 0.446. The molecule has 0 spiro atoms. The van der Waals surface area contributed by atoms with Crippen LogP contribution < -0.4 is 5.73 Å². The van der Waals surface area contributed by atoms with Gasteiger partial charge in [0.1, 0.15) is 5.52 Å². The summed E-state index contributed by atoms with van der Waals surface area (Å²) < 4.78 is 5.69. The van der Waals surface area contributed by atoms with Crippen molar-refractivity contribution in [1.82, 2.24) is 15.0 Å². The van der Waals surface area contributed by atoms with Crippen molar-refractivity contribution in [2.45, 2.75) is 10.9 Å². The maximum Gasteiger partial charge on any atom is 0.205 e. The van der Waals surface area contributed by atoms with E-state index in [2.05, 4.69) is 15.0 Å². The Morgan fingerprint density at radius 1 is 1.10 bits per heavy atom. The lowest BCUT2D eigenvalue weighted by molar-refractivity contribution is 0.556. The van der Waals surface area contributed by atoms with E-state index in [4.69, 9.17) is 10.2 Å². The van der Waals surface area contributed by atoms with E-state index in [9.17, 15) is 0 Å². The molecule has 6 heteroatoms. The Labute approximate surface area is 124 Å². The Balaban J connectivity index is 1.57. The average Bonchev–Trinajstić information content (AvgIpc) is 3.07. The molecule has 2 aromatic carbocycles. The van der Waals surface area contributed by atoms with Gasteiger partial charge in [0.2, 0.25) is 5.89 Å². The SMILES string of the molecule is Nc1ccc2oc(CSc3nc4ccccc4[nH]3)nc2c1. The first-order chi connectivity index (χ1) is 10.3. The molecular formula is C15H12N4OS. The molecule has 0 fully saturated rings. The van der Waals surface area contributed by atoms with Crippen LogP contribution in [0.15, 0.2) is 52.0 Å². The second-order valence-electron chi connectivity index (χ2n) is 4.68. The first kappa shape index (κ1) is 12.3. The van der Waals surface area contributed by atoms with Gasteiger partial charge >= 0.3 is 0 Å². The molecule has 0 amide bonds. The fourth-order valence-electron chi connectivity index (χ4n) is 2.18. The molecule has 0 atom stereocenters. The summed E-state index contributed by atoms with van der Waals surface area (Å²) in [5.74, 6) is 1.29. The highest BCUT2D eigenvalue weighted by Gasteiger charge is 2.08. The number of H-pyrrole nitrogens is 1. The number of para-hydroxylation sites is 2. The topological polar surface area (TPSA) is 80.7 Å². The molecule has 0 radical (unpaired) electrons. The Kier molecular flexibility index (Phi) is 2.82. The van der Waals surface area contributed by atoms with Crippen LogP contribution in [0.3, 0.4) is 0 Å². The number of anilines is 1. The molecule has 3 N–H and O–H groups in total. The third-order valence-corrected chi connectivity index (χ3v) is 4.01. The Hall–Kier alpha value is -2.47. The number of thioether (sulfide) groups is 1. The van der Waals surface area contributed by atoms with Gasteiger partial charge in [0, 0.05) is 5.69 Å². The van der Waals surface area contributed by atoms with E-state index in [0.717, 1.165) is 27.3 Å². The van der Waals surface area contributed by atoms with Gasteiger partial charge in [-0.05, 0) is 30.3 Å². The maximum atomic E-state index is 5.74. The number of hydrogen-bond donors (Lipinski definition) is 2. The molecule has 21 heavy (non-hydrogen) atoms. The van der Waals surface area contributed by atoms with Crippen LogP contribution in [0.25, 0.3) is 22.1 Å². The molecule has 0 aliphatic heterocycles. The Bertz CT molecular complexity index is 895. The molecule has 0 saturated heterocycles. The summed E-state index contributed by atoms with van der Waals surface area (Å²) in [6.07, 6.45) is 0. The Morgan fingerprint density at radius 3 is 2.90 bits per heavy atom. The highest BCUT2D eigenvalue weighted by Crippen LogP contribution is 2.25. The van der Waals surface area contributed by atoms with Gasteiger partial charge in [0.25, 0.3) is 0 Å². The zero-order chi connectivity index (χ0) is 14.2. The van der Waals surface area contributed by atoms with E-state index >= 15 is 0 Å². The van der Waals surface area contributed by atoms with Crippen LogP contribution >= 0.6 is 11.8 Å². The van der Waals surface area contributed by atoms with E-state index in [1.807, 2.05) is 42.5 Å². The van der Waals surface area contributed by atoms with Gasteiger partial charge in [-0.2, -0.15) is 0 Å². The van der Waals surface area contributed by atoms with Gasteiger partial charge < -0.3 is 15.1 Å². The number of rotatable bonds is 3. The molecule has 0 aliphatic rings. The van der Waals surface area contributed by atoms with Crippen molar-refractivity contribution in [1.29, 1.82) is 0 Å². The van der Waals surface area contributed by atoms with Crippen LogP contribution in [-0.4, -0.2) is 15.0 Å². The third-order valence-electron chi connectivity index (χ3n) is 3.16. The van der Waals surface area contributed by atoms with Gasteiger partial charge in [0.05, 0.1) is 16.8 Å². The van der Waals surface area contributed by atoms with Crippen molar-refractivity contribution in [3.8, 4) is 0 Å². The van der Waals surface area contributed by atoms with Crippen molar-refractivity contribution in [2.75, 3.05) is 5.73 Å². The molecule has 4 rings (SSSR count). The summed E-state index contributed by atoms with van der Waals surface area (Å²) in [5.41, 5.74) is 9.96. The zero-order valence-electron chi connectivity index (χ0n) is 11.0. The van der Waals surface area contributed by atoms with Crippen molar-refractivity contribution >= 4 is 39.6 Å². The fourth-order valence-corrected chi connectivity index (χ4v) is 2.91. The van der Waals surface area contributed by atoms with Crippen LogP contribution in [-0.2, 0) is 5.75 Å². The summed E-state index contributed by atoms with van der Waals surface area (Å²) in [7, 11) is 0. The van der Waals surface area contributed by atoms with E-state index in [0.29, 0.717) is 17.3 Å². The van der Waals surface area contributed by atoms with Gasteiger partial charge in [-0.1, -0.05) is 23.9 Å². The Morgan fingerprint density at radius 2 is 2.00 bits per heavy atom. The number of nitrogens with two attached hydrogens (primary N) is 1. The fraction of sp³-hybridized carbons (Fsp3) is 0.0667. The number of hydrogen-bond acceptors (Lipinski definition) is 5. The van der Waals surface area contributed by atoms with Crippen molar-refractivity contribution < 1.29 is 4.42 Å². The summed E-state index contributed by atoms with van der Waals surface area (Å²) >= 11 is 1.56. The van der Waals surface area contributed by atoms with Gasteiger partial charge in [0.15, 0.2) is 10.7 Å². The largest absolute Gasteiger partial charge is 0.440 e. The van der Waals surface area contributed by atoms with E-state index in [-0.39, 0.29) is 0 Å². The summed E-state index contributed by atoms with van der Waals surface area (Å²) in [6, 6.07) is 13.4. The summed E-state index contributed by atoms with van der Waals surface area (Å²) in [4.78, 5) is 12.2. The minimum atomic E-state index is 0.619. The number of benzene rings is 2. The lowest BCUT2D eigenvalue weighted by atomic mass is 10.3. The number of aromatic amines is 1. The molecular weight excluding hydrogens is 284 g/mol. The van der Waals surface area contributed by atoms with Crippen molar-refractivity contribution in [3.63, 3.8) is 0 Å². The van der Waals surface area contributed by atoms with E-state index in [1.54, 1.807) is 11.8 Å². The van der Waals surface area contributed by atoms with Crippen molar-refractivity contribution in [3.05, 3.63) is 48.4 Å². The minimum Gasteiger partial charge on any atom is -0.440 e. The maximum absolute atomic E-state index is 5.74. The van der Waals surface area contributed by atoms with E-state index in [1.165, 1.54) is 0 Å². The average molecular weight is 296 g/mol. The lowest BCUT2D eigenvalue weighted by Gasteiger charge is -1.91. The third kappa shape index (κ3) is 2.34.